The van der Waals surface area contributed by atoms with E-state index in [-0.39, 0.29) is 77.3 Å². The largest absolute Gasteiger partial charge is 0.492 e. The third-order valence-electron chi connectivity index (χ3n) is 15.9. The number of benzene rings is 1. The fourth-order valence-corrected chi connectivity index (χ4v) is 15.3. The number of alkyl carbamates (subject to hydrolysis) is 1. The van der Waals surface area contributed by atoms with Crippen LogP contribution in [-0.2, 0) is 57.1 Å². The van der Waals surface area contributed by atoms with Gasteiger partial charge in [0.25, 0.3) is 0 Å². The van der Waals surface area contributed by atoms with Crippen molar-refractivity contribution in [2.45, 2.75) is 201 Å². The van der Waals surface area contributed by atoms with Crippen molar-refractivity contribution in [1.29, 1.82) is 0 Å². The molecule has 0 spiro atoms. The van der Waals surface area contributed by atoms with E-state index in [1.54, 1.807) is 40.9 Å². The molecule has 4 aliphatic heterocycles. The summed E-state index contributed by atoms with van der Waals surface area (Å²) in [6.07, 6.45) is -14.2. The summed E-state index contributed by atoms with van der Waals surface area (Å²) < 4.78 is 72.2. The normalized spacial score (nSPS) is 34.5. The van der Waals surface area contributed by atoms with Gasteiger partial charge in [-0.15, -0.1) is 0 Å². The number of aliphatic hydroxyl groups is 5. The maximum absolute atomic E-state index is 14.5. The maximum atomic E-state index is 14.5. The lowest BCUT2D eigenvalue weighted by Crippen LogP contribution is -2.65. The molecule has 1 aromatic carbocycles. The van der Waals surface area contributed by atoms with Gasteiger partial charge in [-0.3, -0.25) is 24.5 Å². The smallest absolute Gasteiger partial charge is 0.411 e. The Morgan fingerprint density at radius 2 is 1.59 bits per heavy atom. The number of aliphatic carboxylic acids is 1. The number of ether oxygens (including phenoxy) is 12. The number of hydroxylamine groups is 1. The van der Waals surface area contributed by atoms with E-state index >= 15 is 0 Å². The van der Waals surface area contributed by atoms with E-state index in [2.05, 4.69) is 39.8 Å². The minimum Gasteiger partial charge on any atom is -0.492 e. The van der Waals surface area contributed by atoms with Crippen molar-refractivity contribution >= 4 is 78.9 Å². The second kappa shape index (κ2) is 33.0. The maximum Gasteiger partial charge on any atom is 0.411 e. The van der Waals surface area contributed by atoms with Crippen LogP contribution in [0.5, 0.6) is 17.2 Å². The number of rotatable bonds is 25. The molecule has 9 N–H and O–H groups in total. The molecule has 2 bridgehead atoms. The summed E-state index contributed by atoms with van der Waals surface area (Å²) in [6, 6.07) is -1.33. The molecule has 0 aromatic heterocycles. The molecule has 90 heavy (non-hydrogen) atoms. The first-order chi connectivity index (χ1) is 42.7. The average Bonchev–Trinajstić information content (AvgIpc) is 0.783. The molecule has 4 saturated heterocycles. The number of carboxylic acids is 1. The Hall–Kier alpha value is -3.82. The van der Waals surface area contributed by atoms with Gasteiger partial charge in [-0.2, -0.15) is 5.48 Å². The molecular formula is C60H82IN3O23S3. The van der Waals surface area contributed by atoms with E-state index in [1.807, 2.05) is 43.4 Å². The molecule has 19 atom stereocenters. The summed E-state index contributed by atoms with van der Waals surface area (Å²) in [5.74, 6) is 10.1. The highest BCUT2D eigenvalue weighted by atomic mass is 127. The van der Waals surface area contributed by atoms with Gasteiger partial charge in [0.2, 0.25) is 17.2 Å². The first-order valence-electron chi connectivity index (χ1n) is 29.1. The van der Waals surface area contributed by atoms with Crippen LogP contribution in [0.4, 0.5) is 4.79 Å². The number of thioether (sulfide) groups is 1. The van der Waals surface area contributed by atoms with E-state index in [9.17, 15) is 49.8 Å². The Balaban J connectivity index is 1.13. The number of Topliss-reactive ketones (excluding diaryl/α,β-unsaturated/α-hetero) is 1. The quantitative estimate of drug-likeness (QED) is 0.0222. The van der Waals surface area contributed by atoms with Gasteiger partial charge in [0.15, 0.2) is 41.8 Å². The molecule has 1 aromatic rings. The second-order valence-electron chi connectivity index (χ2n) is 22.6. The lowest BCUT2D eigenvalue weighted by Gasteiger charge is -2.46. The minimum atomic E-state index is -2.15. The molecule has 0 saturated carbocycles. The summed E-state index contributed by atoms with van der Waals surface area (Å²) in [6.45, 7) is 13.1. The second-order valence-corrected chi connectivity index (χ2v) is 27.9. The van der Waals surface area contributed by atoms with Gasteiger partial charge < -0.3 is 92.8 Å². The molecule has 7 rings (SSSR count). The molecule has 30 heteroatoms. The third kappa shape index (κ3) is 17.5. The standard InChI is InChI=1S/C60H82IN3O23S3/c1-13-62-33-27-80-39(25-37(33)75-8)85-52-47(70)44(29(3)82-57(52)84-36-18-16-14-15-17-21-60(74)26-35(66)45(63-58(73)79-12)42(36)32(60)20-23-88-90-59(6,7)22-19-38(67)68)64-87-40-24-34(65)54(31(5)81-40)89-55(72)41-28(2)43(61)50(53(78-11)49(41)76-9)86-56-48(71)51(77-10)46(69)30(4)83-56/h14-15,20,29-31,33-34,36-37,39-40,44,46-48,51-52,54,56-57,62,64-65,69-71,74H,13,19,22-27H2,1-12H3,(H,63,73)(H,67,68)/b15-14-,32-20+/t29-,30+,31-,33+,34+,36+,37+,39+,40+,44-,46+,47+,48-,51-,52-,54-,56+,57+,60+/m1/s1. The fraction of sp³-hybridized carbons (Fsp3) is 0.667. The first-order valence-corrected chi connectivity index (χ1v) is 33.4. The Morgan fingerprint density at radius 3 is 2.24 bits per heavy atom. The number of carboxylic acid groups (broad SMARTS) is 1. The highest BCUT2D eigenvalue weighted by molar-refractivity contribution is 14.1. The fourth-order valence-electron chi connectivity index (χ4n) is 11.1. The van der Waals surface area contributed by atoms with Crippen molar-refractivity contribution in [2.75, 3.05) is 54.5 Å². The summed E-state index contributed by atoms with van der Waals surface area (Å²) >= 11 is 2.81. The van der Waals surface area contributed by atoms with E-state index in [0.29, 0.717) is 22.1 Å². The summed E-state index contributed by atoms with van der Waals surface area (Å²) in [5, 5.41) is 72.3. The Kier molecular flexibility index (Phi) is 27.0. The van der Waals surface area contributed by atoms with Gasteiger partial charge in [0.05, 0.1) is 97.0 Å². The van der Waals surface area contributed by atoms with Crippen LogP contribution in [0.25, 0.3) is 0 Å². The van der Waals surface area contributed by atoms with E-state index < -0.39 is 143 Å². The van der Waals surface area contributed by atoms with Gasteiger partial charge in [-0.25, -0.2) is 4.79 Å². The molecule has 6 aliphatic rings. The zero-order chi connectivity index (χ0) is 65.9. The zero-order valence-electron chi connectivity index (χ0n) is 52.0. The number of hydrogen-bond donors (Lipinski definition) is 9. The number of nitrogens with one attached hydrogen (secondary N) is 3. The Labute approximate surface area is 549 Å². The topological polar surface area (TPSA) is 346 Å². The number of fused-ring (bicyclic) bond motifs is 2. The van der Waals surface area contributed by atoms with Crippen LogP contribution < -0.4 is 30.3 Å². The monoisotopic (exact) mass is 1440 g/mol. The number of aliphatic hydroxyl groups excluding tert-OH is 4. The summed E-state index contributed by atoms with van der Waals surface area (Å²) in [7, 11) is 9.52. The molecule has 1 amide bonds. The van der Waals surface area contributed by atoms with Crippen molar-refractivity contribution in [3.8, 4) is 40.9 Å². The number of halogens is 1. The SMILES string of the molecule is CCN[C@H]1CO[C@@H](O[C@H]2[C@H](O[C@H]3C#C/C=C\C#C[C@]4(O)CC(=O)C(NC(=O)OC)=C3/C4=C\CSSC(C)(C)CCC(=O)O)O[C@H](C)[C@@H](NO[C@H]3C[C@H](O)[C@H](SC(=O)c4c(C)c(I)c(O[C@@H]5O[C@@H](C)[C@H](O)[C@@H](OC)[C@H]5O)c(OC)c4OC)[C@@H](C)O3)[C@@H]2O)C[C@@H]1OC. The van der Waals surface area contributed by atoms with Crippen LogP contribution in [0.1, 0.15) is 89.6 Å². The van der Waals surface area contributed by atoms with Crippen LogP contribution in [0.15, 0.2) is 35.1 Å². The van der Waals surface area contributed by atoms with E-state index in [1.165, 1.54) is 55.1 Å². The number of methoxy groups -OCH3 is 5. The molecule has 0 unspecified atom stereocenters. The predicted molar refractivity (Wildman–Crippen MR) is 337 cm³/mol. The van der Waals surface area contributed by atoms with Crippen molar-refractivity contribution in [2.24, 2.45) is 0 Å². The van der Waals surface area contributed by atoms with Gasteiger partial charge in [-0.1, -0.05) is 70.0 Å². The number of amides is 1. The van der Waals surface area contributed by atoms with Crippen molar-refractivity contribution < 1.29 is 111 Å². The number of allylic oxidation sites excluding steroid dienone is 3. The van der Waals surface area contributed by atoms with Crippen molar-refractivity contribution in [3.05, 3.63) is 49.8 Å². The number of likely N-dealkylation sites (N-methyl/N-ethyl adjacent to an activating group) is 1. The lowest BCUT2D eigenvalue weighted by molar-refractivity contribution is -0.336. The highest BCUT2D eigenvalue weighted by Crippen LogP contribution is 2.49. The number of carbonyl (C=O) groups is 4. The average molecular weight is 1440 g/mol. The van der Waals surface area contributed by atoms with Crippen LogP contribution in [0, 0.1) is 34.2 Å². The van der Waals surface area contributed by atoms with Crippen LogP contribution >= 0.6 is 55.9 Å². The van der Waals surface area contributed by atoms with Crippen molar-refractivity contribution in [3.63, 3.8) is 0 Å². The lowest BCUT2D eigenvalue weighted by atomic mass is 9.75. The first kappa shape index (κ1) is 73.6. The minimum absolute atomic E-state index is 0.0144. The number of hydrogen-bond acceptors (Lipinski definition) is 27. The molecule has 4 fully saturated rings. The van der Waals surface area contributed by atoms with Crippen LogP contribution in [-0.4, -0.2) is 228 Å². The van der Waals surface area contributed by atoms with Gasteiger partial charge in [0, 0.05) is 55.1 Å². The van der Waals surface area contributed by atoms with E-state index in [0.717, 1.165) is 18.9 Å². The van der Waals surface area contributed by atoms with Crippen molar-refractivity contribution in [1.82, 2.24) is 16.1 Å². The molecule has 26 nitrogen and oxygen atoms in total. The molecule has 0 radical (unpaired) electrons. The predicted octanol–water partition coefficient (Wildman–Crippen LogP) is 3.56. The van der Waals surface area contributed by atoms with Crippen LogP contribution in [0.2, 0.25) is 0 Å². The molecule has 4 heterocycles. The summed E-state index contributed by atoms with van der Waals surface area (Å²) in [4.78, 5) is 59.3. The molecular weight excluding hydrogens is 1350 g/mol. The number of carbonyl (C=O) groups excluding carboxylic acids is 3. The van der Waals surface area contributed by atoms with Gasteiger partial charge in [-0.05, 0) is 94.8 Å². The Bertz CT molecular complexity index is 2940. The molecule has 2 aliphatic carbocycles. The zero-order valence-corrected chi connectivity index (χ0v) is 56.6. The Morgan fingerprint density at radius 1 is 0.878 bits per heavy atom. The number of ketones is 1. The highest BCUT2D eigenvalue weighted by Gasteiger charge is 2.52. The van der Waals surface area contributed by atoms with Gasteiger partial charge in [0.1, 0.15) is 36.6 Å². The van der Waals surface area contributed by atoms with E-state index in [4.69, 9.17) is 61.7 Å². The molecule has 500 valence electrons. The third-order valence-corrected chi connectivity index (χ3v) is 21.8. The van der Waals surface area contributed by atoms with Gasteiger partial charge >= 0.3 is 12.1 Å². The summed E-state index contributed by atoms with van der Waals surface area (Å²) in [5.41, 5.74) is 0.957. The van der Waals surface area contributed by atoms with Crippen LogP contribution in [0.3, 0.4) is 0 Å².